The van der Waals surface area contributed by atoms with Crippen molar-refractivity contribution in [3.05, 3.63) is 0 Å². The Morgan fingerprint density at radius 2 is 1.44 bits per heavy atom. The number of hydrogen-bond donors (Lipinski definition) is 4. The van der Waals surface area contributed by atoms with Crippen molar-refractivity contribution in [2.75, 3.05) is 6.67 Å². The standard InChI is InChI=1S/C10H19FO5/c1-7(12)6(5-11)16-10(4,15)9(3,14)8(7,2)13/h6,12-15H,5H2,1-4H3/t6-,7-,8+,9+,10?/m1/s1. The lowest BCUT2D eigenvalue weighted by molar-refractivity contribution is -0.422. The van der Waals surface area contributed by atoms with Gasteiger partial charge in [-0.15, -0.1) is 0 Å². The summed E-state index contributed by atoms with van der Waals surface area (Å²) < 4.78 is 17.6. The summed E-state index contributed by atoms with van der Waals surface area (Å²) in [6, 6.07) is 0. The second kappa shape index (κ2) is 3.36. The predicted octanol–water partition coefficient (Wildman–Crippen LogP) is -0.684. The molecule has 5 atom stereocenters. The molecular formula is C10H19FO5. The summed E-state index contributed by atoms with van der Waals surface area (Å²) in [6.45, 7) is 3.43. The molecule has 0 aromatic heterocycles. The Hall–Kier alpha value is -0.270. The van der Waals surface area contributed by atoms with Crippen molar-refractivity contribution in [3.63, 3.8) is 0 Å². The van der Waals surface area contributed by atoms with Gasteiger partial charge in [0.1, 0.15) is 29.6 Å². The molecule has 0 aromatic rings. The van der Waals surface area contributed by atoms with E-state index < -0.39 is 35.4 Å². The van der Waals surface area contributed by atoms with Crippen molar-refractivity contribution in [2.24, 2.45) is 0 Å². The third-order valence-corrected chi connectivity index (χ3v) is 3.98. The lowest BCUT2D eigenvalue weighted by Crippen LogP contribution is -2.80. The van der Waals surface area contributed by atoms with Crippen LogP contribution in [0.4, 0.5) is 4.39 Å². The number of ether oxygens (including phenoxy) is 1. The fraction of sp³-hybridized carbons (Fsp3) is 1.00. The van der Waals surface area contributed by atoms with Gasteiger partial charge in [-0.25, -0.2) is 4.39 Å². The maximum absolute atomic E-state index is 12.7. The normalized spacial score (nSPS) is 58.7. The van der Waals surface area contributed by atoms with Gasteiger partial charge in [-0.2, -0.15) is 0 Å². The zero-order valence-corrected chi connectivity index (χ0v) is 9.86. The smallest absolute Gasteiger partial charge is 0.195 e. The van der Waals surface area contributed by atoms with Crippen LogP contribution in [0.1, 0.15) is 27.7 Å². The van der Waals surface area contributed by atoms with Gasteiger partial charge in [0, 0.05) is 0 Å². The molecule has 4 N–H and O–H groups in total. The molecule has 0 aromatic carbocycles. The molecule has 1 heterocycles. The van der Waals surface area contributed by atoms with Crippen LogP contribution in [-0.2, 0) is 4.74 Å². The molecule has 0 amide bonds. The van der Waals surface area contributed by atoms with E-state index in [0.29, 0.717) is 0 Å². The number of rotatable bonds is 1. The molecule has 1 aliphatic rings. The van der Waals surface area contributed by atoms with Crippen LogP contribution < -0.4 is 0 Å². The van der Waals surface area contributed by atoms with E-state index in [1.807, 2.05) is 0 Å². The van der Waals surface area contributed by atoms with E-state index in [2.05, 4.69) is 0 Å². The molecule has 1 unspecified atom stereocenters. The zero-order chi connectivity index (χ0) is 13.0. The highest BCUT2D eigenvalue weighted by molar-refractivity contribution is 5.16. The van der Waals surface area contributed by atoms with Crippen LogP contribution in [0.15, 0.2) is 0 Å². The SMILES string of the molecule is CC1(O)O[C@H](CF)[C@@](C)(O)[C@](C)(O)[C@]1(C)O. The van der Waals surface area contributed by atoms with Crippen LogP contribution in [-0.4, -0.2) is 55.8 Å². The maximum atomic E-state index is 12.7. The third kappa shape index (κ3) is 1.41. The fourth-order valence-electron chi connectivity index (χ4n) is 1.95. The van der Waals surface area contributed by atoms with Gasteiger partial charge in [-0.1, -0.05) is 0 Å². The summed E-state index contributed by atoms with van der Waals surface area (Å²) in [5.74, 6) is -2.16. The minimum Gasteiger partial charge on any atom is -0.384 e. The van der Waals surface area contributed by atoms with Gasteiger partial charge in [-0.05, 0) is 27.7 Å². The van der Waals surface area contributed by atoms with Gasteiger partial charge >= 0.3 is 0 Å². The van der Waals surface area contributed by atoms with Crippen molar-refractivity contribution < 1.29 is 29.6 Å². The van der Waals surface area contributed by atoms with E-state index in [0.717, 1.165) is 27.7 Å². The number of halogens is 1. The van der Waals surface area contributed by atoms with Gasteiger partial charge in [0.05, 0.1) is 0 Å². The summed E-state index contributed by atoms with van der Waals surface area (Å²) in [6.07, 6.45) is -1.42. The predicted molar refractivity (Wildman–Crippen MR) is 53.3 cm³/mol. The first kappa shape index (κ1) is 13.8. The third-order valence-electron chi connectivity index (χ3n) is 3.98. The van der Waals surface area contributed by atoms with E-state index in [-0.39, 0.29) is 0 Å². The van der Waals surface area contributed by atoms with E-state index >= 15 is 0 Å². The zero-order valence-electron chi connectivity index (χ0n) is 9.86. The topological polar surface area (TPSA) is 90.2 Å². The van der Waals surface area contributed by atoms with Gasteiger partial charge in [0.25, 0.3) is 0 Å². The Balaban J connectivity index is 3.30. The number of aliphatic hydroxyl groups is 4. The van der Waals surface area contributed by atoms with Crippen LogP contribution in [0.25, 0.3) is 0 Å². The Morgan fingerprint density at radius 3 is 1.81 bits per heavy atom. The molecule has 1 fully saturated rings. The fourth-order valence-corrected chi connectivity index (χ4v) is 1.95. The van der Waals surface area contributed by atoms with E-state index in [1.54, 1.807) is 0 Å². The molecule has 5 nitrogen and oxygen atoms in total. The van der Waals surface area contributed by atoms with Gasteiger partial charge in [0.2, 0.25) is 0 Å². The molecule has 1 aliphatic heterocycles. The first-order valence-electron chi connectivity index (χ1n) is 5.05. The quantitative estimate of drug-likeness (QED) is 0.486. The van der Waals surface area contributed by atoms with Crippen LogP contribution in [0.2, 0.25) is 0 Å². The van der Waals surface area contributed by atoms with Crippen LogP contribution in [0.5, 0.6) is 0 Å². The molecule has 6 heteroatoms. The van der Waals surface area contributed by atoms with Gasteiger partial charge in [0.15, 0.2) is 5.79 Å². The lowest BCUT2D eigenvalue weighted by Gasteiger charge is -2.59. The van der Waals surface area contributed by atoms with E-state index in [1.165, 1.54) is 0 Å². The minimum atomic E-state index is -2.16. The second-order valence-corrected chi connectivity index (χ2v) is 5.04. The first-order chi connectivity index (χ1) is 6.92. The Labute approximate surface area is 93.5 Å². The maximum Gasteiger partial charge on any atom is 0.195 e. The first-order valence-corrected chi connectivity index (χ1v) is 5.05. The highest BCUT2D eigenvalue weighted by Crippen LogP contribution is 2.47. The van der Waals surface area contributed by atoms with Crippen molar-refractivity contribution in [2.45, 2.75) is 56.4 Å². The molecule has 0 radical (unpaired) electrons. The summed E-state index contributed by atoms with van der Waals surface area (Å²) in [7, 11) is 0. The molecule has 16 heavy (non-hydrogen) atoms. The summed E-state index contributed by atoms with van der Waals surface area (Å²) in [4.78, 5) is 0. The molecule has 0 spiro atoms. The molecule has 0 aliphatic carbocycles. The highest BCUT2D eigenvalue weighted by Gasteiger charge is 2.69. The highest BCUT2D eigenvalue weighted by atomic mass is 19.1. The average molecular weight is 238 g/mol. The van der Waals surface area contributed by atoms with Crippen molar-refractivity contribution in [1.82, 2.24) is 0 Å². The van der Waals surface area contributed by atoms with Crippen molar-refractivity contribution in [1.29, 1.82) is 0 Å². The molecule has 0 bridgehead atoms. The summed E-state index contributed by atoms with van der Waals surface area (Å²) in [5.41, 5.74) is -6.29. The monoisotopic (exact) mass is 238 g/mol. The van der Waals surface area contributed by atoms with Crippen LogP contribution in [0, 0.1) is 0 Å². The Bertz CT molecular complexity index is 285. The Kier molecular flexibility index (Phi) is 2.90. The molecule has 1 saturated heterocycles. The number of alkyl halides is 1. The van der Waals surface area contributed by atoms with Crippen molar-refractivity contribution >= 4 is 0 Å². The van der Waals surface area contributed by atoms with Gasteiger partial charge in [-0.3, -0.25) is 0 Å². The summed E-state index contributed by atoms with van der Waals surface area (Å²) >= 11 is 0. The summed E-state index contributed by atoms with van der Waals surface area (Å²) in [5, 5.41) is 40.1. The molecular weight excluding hydrogens is 219 g/mol. The van der Waals surface area contributed by atoms with E-state index in [9.17, 15) is 24.8 Å². The van der Waals surface area contributed by atoms with Crippen molar-refractivity contribution in [3.8, 4) is 0 Å². The van der Waals surface area contributed by atoms with Gasteiger partial charge < -0.3 is 25.2 Å². The minimum absolute atomic E-state index is 1.09. The Morgan fingerprint density at radius 1 is 1.00 bits per heavy atom. The van der Waals surface area contributed by atoms with E-state index in [4.69, 9.17) is 4.74 Å². The van der Waals surface area contributed by atoms with Crippen LogP contribution >= 0.6 is 0 Å². The second-order valence-electron chi connectivity index (χ2n) is 5.04. The molecule has 0 saturated carbocycles. The largest absolute Gasteiger partial charge is 0.384 e. The lowest BCUT2D eigenvalue weighted by atomic mass is 9.65. The average Bonchev–Trinajstić information content (AvgIpc) is 2.11. The molecule has 96 valence electrons. The number of hydrogen-bond acceptors (Lipinski definition) is 5. The molecule has 1 rings (SSSR count). The van der Waals surface area contributed by atoms with Crippen LogP contribution in [0.3, 0.4) is 0 Å².